The molecule has 196 valence electrons. The molecule has 0 N–H and O–H groups in total. The second-order valence-corrected chi connectivity index (χ2v) is 10.6. The molecule has 2 aromatic carbocycles. The Morgan fingerprint density at radius 2 is 1.69 bits per heavy atom. The molecule has 0 aliphatic carbocycles. The first-order valence-corrected chi connectivity index (χ1v) is 13.5. The number of rotatable bonds is 8. The minimum Gasteiger partial charge on any atom is -0.496 e. The van der Waals surface area contributed by atoms with Crippen LogP contribution in [0.2, 0.25) is 0 Å². The predicted molar refractivity (Wildman–Crippen MR) is 147 cm³/mol. The van der Waals surface area contributed by atoms with Crippen LogP contribution in [0.1, 0.15) is 32.3 Å². The summed E-state index contributed by atoms with van der Waals surface area (Å²) in [7, 11) is 3.68. The predicted octanol–water partition coefficient (Wildman–Crippen LogP) is 5.87. The van der Waals surface area contributed by atoms with E-state index < -0.39 is 5.97 Å². The third-order valence-electron chi connectivity index (χ3n) is 5.94. The highest BCUT2D eigenvalue weighted by molar-refractivity contribution is 9.11. The molecule has 0 spiro atoms. The lowest BCUT2D eigenvalue weighted by Crippen LogP contribution is -2.53. The van der Waals surface area contributed by atoms with Gasteiger partial charge in [-0.05, 0) is 82.1 Å². The minimum atomic E-state index is -0.466. The largest absolute Gasteiger partial charge is 0.496 e. The first-order valence-electron chi connectivity index (χ1n) is 11.9. The summed E-state index contributed by atoms with van der Waals surface area (Å²) in [5, 5.41) is 0. The maximum atomic E-state index is 13.5. The Kier molecular flexibility index (Phi) is 10.0. The van der Waals surface area contributed by atoms with Crippen molar-refractivity contribution in [3.05, 3.63) is 44.8 Å². The van der Waals surface area contributed by atoms with Crippen LogP contribution in [0.4, 0.5) is 10.5 Å². The van der Waals surface area contributed by atoms with Crippen LogP contribution in [0, 0.1) is 0 Å². The number of piperazine rings is 1. The zero-order valence-electron chi connectivity index (χ0n) is 21.3. The molecule has 0 unspecified atom stereocenters. The lowest BCUT2D eigenvalue weighted by Gasteiger charge is -2.36. The Bertz CT molecular complexity index is 1060. The number of amides is 2. The Hall–Kier alpha value is -2.30. The number of benzene rings is 2. The van der Waals surface area contributed by atoms with Gasteiger partial charge in [-0.1, -0.05) is 13.8 Å². The van der Waals surface area contributed by atoms with Crippen molar-refractivity contribution < 1.29 is 23.8 Å². The van der Waals surface area contributed by atoms with Gasteiger partial charge in [0.15, 0.2) is 5.75 Å². The van der Waals surface area contributed by atoms with Gasteiger partial charge in [-0.3, -0.25) is 9.69 Å². The summed E-state index contributed by atoms with van der Waals surface area (Å²) >= 11 is 7.19. The van der Waals surface area contributed by atoms with Gasteiger partial charge < -0.3 is 24.0 Å². The number of urea groups is 1. The molecule has 2 amide bonds. The minimum absolute atomic E-state index is 0.186. The molecule has 3 rings (SSSR count). The molecule has 1 heterocycles. The number of esters is 1. The van der Waals surface area contributed by atoms with Crippen molar-refractivity contribution in [3.8, 4) is 17.2 Å². The van der Waals surface area contributed by atoms with E-state index in [0.29, 0.717) is 39.2 Å². The molecule has 0 atom stereocenters. The number of halogens is 2. The Morgan fingerprint density at radius 3 is 2.25 bits per heavy atom. The number of carbonyl (C=O) groups excluding carboxylic acids is 2. The fourth-order valence-corrected chi connectivity index (χ4v) is 5.24. The maximum absolute atomic E-state index is 13.5. The van der Waals surface area contributed by atoms with E-state index in [-0.39, 0.29) is 25.1 Å². The highest BCUT2D eigenvalue weighted by Crippen LogP contribution is 2.41. The van der Waals surface area contributed by atoms with Crippen molar-refractivity contribution in [1.82, 2.24) is 9.80 Å². The number of ether oxygens (including phenoxy) is 3. The van der Waals surface area contributed by atoms with E-state index in [4.69, 9.17) is 14.2 Å². The molecular formula is C26H33Br2N3O5. The number of hydrogen-bond donors (Lipinski definition) is 0. The number of hydrogen-bond acceptors (Lipinski definition) is 6. The monoisotopic (exact) mass is 625 g/mol. The molecule has 0 radical (unpaired) electrons. The third kappa shape index (κ3) is 6.92. The van der Waals surface area contributed by atoms with Gasteiger partial charge in [0, 0.05) is 37.4 Å². The fourth-order valence-electron chi connectivity index (χ4n) is 3.92. The normalized spacial score (nSPS) is 14.1. The van der Waals surface area contributed by atoms with Crippen LogP contribution in [-0.4, -0.2) is 75.3 Å². The average Bonchev–Trinajstić information content (AvgIpc) is 2.84. The van der Waals surface area contributed by atoms with Crippen LogP contribution >= 0.6 is 31.9 Å². The second-order valence-electron chi connectivity index (χ2n) is 8.86. The van der Waals surface area contributed by atoms with E-state index >= 15 is 0 Å². The number of carbonyl (C=O) groups is 2. The van der Waals surface area contributed by atoms with Gasteiger partial charge in [-0.25, -0.2) is 4.79 Å². The molecule has 0 saturated carbocycles. The topological polar surface area (TPSA) is 71.6 Å². The average molecular weight is 627 g/mol. The zero-order chi connectivity index (χ0) is 26.4. The fraction of sp³-hybridized carbons (Fsp3) is 0.462. The van der Waals surface area contributed by atoms with Gasteiger partial charge in [-0.2, -0.15) is 0 Å². The Morgan fingerprint density at radius 1 is 1.06 bits per heavy atom. The summed E-state index contributed by atoms with van der Waals surface area (Å²) in [5.74, 6) is 1.82. The van der Waals surface area contributed by atoms with Crippen LogP contribution in [0.3, 0.4) is 0 Å². The van der Waals surface area contributed by atoms with Crippen LogP contribution < -0.4 is 14.4 Å². The van der Waals surface area contributed by atoms with Crippen molar-refractivity contribution in [2.75, 3.05) is 58.4 Å². The van der Waals surface area contributed by atoms with Gasteiger partial charge in [-0.15, -0.1) is 0 Å². The van der Waals surface area contributed by atoms with Crippen molar-refractivity contribution >= 4 is 49.5 Å². The molecule has 1 fully saturated rings. The smallest absolute Gasteiger partial charge is 0.326 e. The first-order chi connectivity index (χ1) is 17.1. The van der Waals surface area contributed by atoms with Crippen molar-refractivity contribution in [1.29, 1.82) is 0 Å². The summed E-state index contributed by atoms with van der Waals surface area (Å²) in [6.07, 6.45) is 0. The molecule has 0 bridgehead atoms. The summed E-state index contributed by atoms with van der Waals surface area (Å²) < 4.78 is 18.1. The lowest BCUT2D eigenvalue weighted by atomic mass is 10.0. The Labute approximate surface area is 229 Å². The molecular weight excluding hydrogens is 594 g/mol. The first kappa shape index (κ1) is 28.3. The van der Waals surface area contributed by atoms with E-state index in [1.807, 2.05) is 25.2 Å². The summed E-state index contributed by atoms with van der Waals surface area (Å²) in [6, 6.07) is 9.01. The maximum Gasteiger partial charge on any atom is 0.326 e. The molecule has 36 heavy (non-hydrogen) atoms. The van der Waals surface area contributed by atoms with Crippen molar-refractivity contribution in [2.24, 2.45) is 0 Å². The van der Waals surface area contributed by atoms with Gasteiger partial charge in [0.05, 0.1) is 22.7 Å². The van der Waals surface area contributed by atoms with E-state index in [1.54, 1.807) is 31.1 Å². The highest BCUT2D eigenvalue weighted by Gasteiger charge is 2.28. The molecule has 0 aromatic heterocycles. The number of likely N-dealkylation sites (N-methyl/N-ethyl adjacent to an activating group) is 1. The van der Waals surface area contributed by atoms with Crippen LogP contribution in [0.5, 0.6) is 17.2 Å². The quantitative estimate of drug-likeness (QED) is 0.341. The van der Waals surface area contributed by atoms with Crippen LogP contribution in [0.25, 0.3) is 0 Å². The molecule has 1 aliphatic rings. The SMILES string of the molecule is CCOC(=O)CN(C(=O)N1CCN(C)CC1)c1cc(Br)c(Oc2ccc(OC)c(C(C)C)c2)c(Br)c1. The molecule has 8 nitrogen and oxygen atoms in total. The van der Waals surface area contributed by atoms with Gasteiger partial charge >= 0.3 is 12.0 Å². The number of methoxy groups -OCH3 is 1. The van der Waals surface area contributed by atoms with Gasteiger partial charge in [0.1, 0.15) is 18.0 Å². The van der Waals surface area contributed by atoms with Gasteiger partial charge in [0.25, 0.3) is 0 Å². The molecule has 1 saturated heterocycles. The van der Waals surface area contributed by atoms with E-state index in [9.17, 15) is 9.59 Å². The Balaban J connectivity index is 1.91. The summed E-state index contributed by atoms with van der Waals surface area (Å²) in [5.41, 5.74) is 1.59. The second kappa shape index (κ2) is 12.8. The molecule has 1 aliphatic heterocycles. The molecule has 2 aromatic rings. The van der Waals surface area contributed by atoms with Crippen molar-refractivity contribution in [2.45, 2.75) is 26.7 Å². The van der Waals surface area contributed by atoms with E-state index in [1.165, 1.54) is 4.90 Å². The summed E-state index contributed by atoms with van der Waals surface area (Å²) in [6.45, 7) is 8.73. The summed E-state index contributed by atoms with van der Waals surface area (Å²) in [4.78, 5) is 31.2. The number of nitrogens with zero attached hydrogens (tertiary/aromatic N) is 3. The van der Waals surface area contributed by atoms with Crippen LogP contribution in [0.15, 0.2) is 39.3 Å². The standard InChI is InChI=1S/C26H33Br2N3O5/c1-6-35-24(32)16-31(26(33)30-11-9-29(4)10-12-30)18-13-21(27)25(22(28)14-18)36-19-7-8-23(34-5)20(15-19)17(2)3/h7-8,13-15,17H,6,9-12,16H2,1-5H3. The van der Waals surface area contributed by atoms with Crippen molar-refractivity contribution in [3.63, 3.8) is 0 Å². The highest BCUT2D eigenvalue weighted by atomic mass is 79.9. The lowest BCUT2D eigenvalue weighted by molar-refractivity contribution is -0.141. The molecule has 10 heteroatoms. The van der Waals surface area contributed by atoms with E-state index in [2.05, 4.69) is 50.6 Å². The van der Waals surface area contributed by atoms with Gasteiger partial charge in [0.2, 0.25) is 0 Å². The van der Waals surface area contributed by atoms with Crippen LogP contribution in [-0.2, 0) is 9.53 Å². The number of anilines is 1. The third-order valence-corrected chi connectivity index (χ3v) is 7.11. The van der Waals surface area contributed by atoms with E-state index in [0.717, 1.165) is 24.4 Å². The zero-order valence-corrected chi connectivity index (χ0v) is 24.5.